The van der Waals surface area contributed by atoms with Gasteiger partial charge in [-0.2, -0.15) is 5.10 Å². The molecule has 0 radical (unpaired) electrons. The molecule has 4 heterocycles. The lowest BCUT2D eigenvalue weighted by atomic mass is 9.51. The van der Waals surface area contributed by atoms with E-state index in [2.05, 4.69) is 0 Å². The van der Waals surface area contributed by atoms with Gasteiger partial charge < -0.3 is 10.2 Å². The summed E-state index contributed by atoms with van der Waals surface area (Å²) in [5.74, 6) is -5.99. The highest BCUT2D eigenvalue weighted by Gasteiger charge is 2.68. The lowest BCUT2D eigenvalue weighted by Gasteiger charge is -2.49. The summed E-state index contributed by atoms with van der Waals surface area (Å²) < 4.78 is 2.57. The van der Waals surface area contributed by atoms with Gasteiger partial charge in [0.1, 0.15) is 17.3 Å². The molecule has 2 saturated heterocycles. The molecule has 0 bridgehead atoms. The van der Waals surface area contributed by atoms with Gasteiger partial charge in [0.2, 0.25) is 23.6 Å². The summed E-state index contributed by atoms with van der Waals surface area (Å²) in [5.41, 5.74) is 1.45. The Labute approximate surface area is 324 Å². The summed E-state index contributed by atoms with van der Waals surface area (Å²) in [5, 5.41) is 29.0. The lowest BCUT2D eigenvalue weighted by Crippen LogP contribution is -2.49. The van der Waals surface area contributed by atoms with Gasteiger partial charge in [-0.15, -0.1) is 11.3 Å². The number of aromatic hydroxyl groups is 1. The highest BCUT2D eigenvalue weighted by Crippen LogP contribution is 2.64. The van der Waals surface area contributed by atoms with Crippen molar-refractivity contribution in [1.29, 1.82) is 0 Å². The van der Waals surface area contributed by atoms with Gasteiger partial charge in [0, 0.05) is 52.7 Å². The smallest absolute Gasteiger partial charge is 0.303 e. The Bertz CT molecular complexity index is 2570. The summed E-state index contributed by atoms with van der Waals surface area (Å²) in [6.07, 6.45) is 2.30. The van der Waals surface area contributed by atoms with Crippen LogP contribution in [-0.4, -0.2) is 61.0 Å². The van der Waals surface area contributed by atoms with Gasteiger partial charge in [-0.3, -0.25) is 33.6 Å². The fourth-order valence-electron chi connectivity index (χ4n) is 9.97. The minimum atomic E-state index is -1.37. The molecule has 2 N–H and O–H groups in total. The summed E-state index contributed by atoms with van der Waals surface area (Å²) in [6, 6.07) is 18.6. The van der Waals surface area contributed by atoms with E-state index in [4.69, 9.17) is 16.7 Å². The van der Waals surface area contributed by atoms with Crippen LogP contribution in [0.3, 0.4) is 0 Å². The van der Waals surface area contributed by atoms with Crippen LogP contribution < -0.4 is 4.90 Å². The molecule has 9 rings (SSSR count). The van der Waals surface area contributed by atoms with E-state index in [9.17, 15) is 29.4 Å². The van der Waals surface area contributed by atoms with Crippen molar-refractivity contribution in [3.8, 4) is 16.3 Å². The number of carbonyl (C=O) groups is 5. The number of carboxylic acid groups (broad SMARTS) is 1. The number of phenols is 1. The summed E-state index contributed by atoms with van der Waals surface area (Å²) in [4.78, 5) is 72.5. The molecule has 13 heteroatoms. The number of nitrogens with zero attached hydrogens (tertiary/aromatic N) is 4. The number of imide groups is 2. The second-order valence-electron chi connectivity index (χ2n) is 15.4. The predicted molar refractivity (Wildman–Crippen MR) is 208 cm³/mol. The van der Waals surface area contributed by atoms with Crippen molar-refractivity contribution in [2.24, 2.45) is 36.1 Å². The molecule has 2 aromatic heterocycles. The van der Waals surface area contributed by atoms with E-state index < -0.39 is 52.8 Å². The van der Waals surface area contributed by atoms with Crippen LogP contribution in [0.5, 0.6) is 5.75 Å². The van der Waals surface area contributed by atoms with Crippen LogP contribution in [0.15, 0.2) is 72.3 Å². The molecule has 5 aromatic rings. The van der Waals surface area contributed by atoms with E-state index in [1.54, 1.807) is 42.1 Å². The number of fused-ring (bicyclic) bond motifs is 6. The van der Waals surface area contributed by atoms with E-state index in [-0.39, 0.29) is 49.8 Å². The molecule has 1 saturated carbocycles. The van der Waals surface area contributed by atoms with E-state index >= 15 is 4.79 Å². The minimum Gasteiger partial charge on any atom is -0.507 e. The molecular formula is C42H37ClN4O7S. The third-order valence-corrected chi connectivity index (χ3v) is 14.1. The molecule has 6 atom stereocenters. The predicted octanol–water partition coefficient (Wildman–Crippen LogP) is 7.22. The molecule has 4 amide bonds. The quantitative estimate of drug-likeness (QED) is 0.130. The third-order valence-electron chi connectivity index (χ3n) is 12.6. The fraction of sp³-hybridized carbons (Fsp3) is 0.333. The van der Waals surface area contributed by atoms with Crippen molar-refractivity contribution < 1.29 is 34.2 Å². The molecule has 280 valence electrons. The number of hydrogen-bond acceptors (Lipinski definition) is 8. The second-order valence-corrected chi connectivity index (χ2v) is 16.9. The maximum absolute atomic E-state index is 15.2. The zero-order chi connectivity index (χ0) is 38.7. The van der Waals surface area contributed by atoms with Crippen molar-refractivity contribution >= 4 is 79.2 Å². The molecule has 11 nitrogen and oxygen atoms in total. The maximum atomic E-state index is 15.2. The van der Waals surface area contributed by atoms with Crippen LogP contribution in [0.1, 0.15) is 49.7 Å². The maximum Gasteiger partial charge on any atom is 0.303 e. The van der Waals surface area contributed by atoms with Crippen molar-refractivity contribution in [2.45, 2.75) is 45.4 Å². The number of aliphatic carboxylic acids is 1. The van der Waals surface area contributed by atoms with Gasteiger partial charge >= 0.3 is 5.97 Å². The van der Waals surface area contributed by atoms with Crippen molar-refractivity contribution in [3.63, 3.8) is 0 Å². The Hall–Kier alpha value is -5.33. The van der Waals surface area contributed by atoms with E-state index in [0.717, 1.165) is 31.5 Å². The number of halogens is 1. The highest BCUT2D eigenvalue weighted by molar-refractivity contribution is 7.22. The Morgan fingerprint density at radius 3 is 2.56 bits per heavy atom. The molecule has 2 aliphatic heterocycles. The average Bonchev–Trinajstić information content (AvgIpc) is 3.82. The number of likely N-dealkylation sites (tertiary alicyclic amines) is 1. The number of thiophene rings is 1. The van der Waals surface area contributed by atoms with Gasteiger partial charge in [-0.05, 0) is 73.6 Å². The van der Waals surface area contributed by atoms with Crippen LogP contribution in [0.2, 0.25) is 5.02 Å². The number of phenolic OH excluding ortho intramolecular Hbond substituents is 1. The number of anilines is 1. The Kier molecular flexibility index (Phi) is 8.11. The normalized spacial score (nSPS) is 26.2. The van der Waals surface area contributed by atoms with E-state index in [1.807, 2.05) is 61.5 Å². The number of aromatic nitrogens is 2. The van der Waals surface area contributed by atoms with Crippen LogP contribution in [0, 0.1) is 36.0 Å². The molecule has 0 spiro atoms. The third kappa shape index (κ3) is 5.07. The minimum absolute atomic E-state index is 0.00210. The number of hydrogen-bond donors (Lipinski definition) is 2. The number of benzene rings is 3. The van der Waals surface area contributed by atoms with Gasteiger partial charge in [-0.1, -0.05) is 59.6 Å². The van der Waals surface area contributed by atoms with Gasteiger partial charge in [0.05, 0.1) is 28.0 Å². The van der Waals surface area contributed by atoms with Crippen LogP contribution in [0.25, 0.3) is 31.4 Å². The van der Waals surface area contributed by atoms with E-state index in [0.29, 0.717) is 27.5 Å². The first-order chi connectivity index (χ1) is 26.3. The van der Waals surface area contributed by atoms with Crippen molar-refractivity contribution in [2.75, 3.05) is 11.4 Å². The zero-order valence-corrected chi connectivity index (χ0v) is 31.9. The average molecular weight is 777 g/mol. The number of rotatable bonds is 7. The number of amides is 4. The lowest BCUT2D eigenvalue weighted by molar-refractivity contribution is -0.142. The fourth-order valence-corrected chi connectivity index (χ4v) is 11.3. The number of carboxylic acids is 1. The molecule has 4 aliphatic rings. The SMILES string of the molecule is Cc1c(-c2cc(N3C(=O)[C@@H]4C[C@@H]5C(=CC[C@@H]6C(=O)N(CCCC(=O)O)C(=O)[C@@H]65)[C@H](c5ccc6ccccc6c5O)[C@]4(C)C3=O)n(C)n2)sc2ccc(Cl)cc12. The Morgan fingerprint density at radius 2 is 1.78 bits per heavy atom. The van der Waals surface area contributed by atoms with Gasteiger partial charge in [-0.25, -0.2) is 4.90 Å². The molecular weight excluding hydrogens is 740 g/mol. The van der Waals surface area contributed by atoms with Gasteiger partial charge in [0.25, 0.3) is 0 Å². The Morgan fingerprint density at radius 1 is 1.00 bits per heavy atom. The summed E-state index contributed by atoms with van der Waals surface area (Å²) in [6.45, 7) is 3.78. The number of aryl methyl sites for hydroxylation is 2. The standard InChI is InChI=1S/C42H37ClN4O7S/c1-20-27-17-22(43)11-15-31(27)55-37(20)30-19-32(45(3)44-30)47-39(52)29-18-28-24(13-14-25-34(28)40(53)46(38(25)51)16-6-9-33(48)49)35(42(29,2)41(47)54)26-12-10-21-7-4-5-8-23(21)36(26)50/h4-5,7-8,10-13,15,17,19,25,28-29,34-35,50H,6,9,14,16,18H2,1-3H3,(H,48,49)/t25-,28+,29-,34-,35+,42+/m0/s1. The van der Waals surface area contributed by atoms with Crippen LogP contribution in [0.4, 0.5) is 5.82 Å². The second kappa shape index (κ2) is 12.6. The molecule has 0 unspecified atom stereocenters. The van der Waals surface area contributed by atoms with Crippen molar-refractivity contribution in [3.05, 3.63) is 88.5 Å². The highest BCUT2D eigenvalue weighted by atomic mass is 35.5. The number of carbonyl (C=O) groups excluding carboxylic acids is 4. The first kappa shape index (κ1) is 35.4. The number of allylic oxidation sites excluding steroid dienone is 2. The summed E-state index contributed by atoms with van der Waals surface area (Å²) >= 11 is 7.86. The Balaban J connectivity index is 1.16. The largest absolute Gasteiger partial charge is 0.507 e. The first-order valence-corrected chi connectivity index (χ1v) is 19.6. The molecule has 3 fully saturated rings. The molecule has 55 heavy (non-hydrogen) atoms. The topological polar surface area (TPSA) is 150 Å². The first-order valence-electron chi connectivity index (χ1n) is 18.4. The molecule has 2 aliphatic carbocycles. The van der Waals surface area contributed by atoms with Crippen LogP contribution >= 0.6 is 22.9 Å². The van der Waals surface area contributed by atoms with Crippen molar-refractivity contribution in [1.82, 2.24) is 14.7 Å². The summed E-state index contributed by atoms with van der Waals surface area (Å²) in [7, 11) is 1.70. The molecule has 3 aromatic carbocycles. The van der Waals surface area contributed by atoms with Gasteiger partial charge in [0.15, 0.2) is 0 Å². The zero-order valence-electron chi connectivity index (χ0n) is 30.3. The van der Waals surface area contributed by atoms with E-state index in [1.165, 1.54) is 9.80 Å². The monoisotopic (exact) mass is 776 g/mol. The van der Waals surface area contributed by atoms with Crippen LogP contribution in [-0.2, 0) is 31.0 Å².